The Bertz CT molecular complexity index is 559. The molecule has 1 atom stereocenters. The highest BCUT2D eigenvalue weighted by Crippen LogP contribution is 2.23. The summed E-state index contributed by atoms with van der Waals surface area (Å²) in [5, 5.41) is 13.5. The van der Waals surface area contributed by atoms with Crippen LogP contribution in [-0.2, 0) is 13.0 Å². The predicted molar refractivity (Wildman–Crippen MR) is 79.1 cm³/mol. The van der Waals surface area contributed by atoms with E-state index in [-0.39, 0.29) is 12.6 Å². The number of hydrogen-bond acceptors (Lipinski definition) is 5. The van der Waals surface area contributed by atoms with Crippen molar-refractivity contribution in [2.75, 3.05) is 13.7 Å². The second-order valence-corrected chi connectivity index (χ2v) is 5.54. The molecule has 6 heteroatoms. The van der Waals surface area contributed by atoms with E-state index in [1.54, 1.807) is 0 Å². The third kappa shape index (κ3) is 3.65. The molecule has 5 nitrogen and oxygen atoms in total. The van der Waals surface area contributed by atoms with Crippen LogP contribution in [0.15, 0.2) is 33.3 Å². The van der Waals surface area contributed by atoms with E-state index < -0.39 is 0 Å². The van der Waals surface area contributed by atoms with E-state index in [0.717, 1.165) is 16.5 Å². The van der Waals surface area contributed by atoms with Crippen LogP contribution in [0.4, 0.5) is 0 Å². The van der Waals surface area contributed by atoms with Crippen molar-refractivity contribution in [3.63, 3.8) is 0 Å². The standard InChI is InChI=1S/C14H18BrN3O2/c1-3-13-16-14(20-17-13)8-18(2)12(9-19)10-5-4-6-11(15)7-10/h4-7,12,19H,3,8-9H2,1-2H3. The maximum Gasteiger partial charge on any atom is 0.240 e. The zero-order valence-electron chi connectivity index (χ0n) is 11.6. The zero-order chi connectivity index (χ0) is 14.5. The lowest BCUT2D eigenvalue weighted by Crippen LogP contribution is -2.27. The van der Waals surface area contributed by atoms with E-state index in [1.807, 2.05) is 43.1 Å². The Hall–Kier alpha value is -1.24. The molecule has 0 saturated heterocycles. The number of benzene rings is 1. The first kappa shape index (κ1) is 15.2. The van der Waals surface area contributed by atoms with Crippen LogP contribution >= 0.6 is 15.9 Å². The topological polar surface area (TPSA) is 62.4 Å². The molecule has 1 aromatic carbocycles. The minimum absolute atomic E-state index is 0.0295. The van der Waals surface area contributed by atoms with Crippen molar-refractivity contribution in [2.45, 2.75) is 25.9 Å². The van der Waals surface area contributed by atoms with Gasteiger partial charge in [0, 0.05) is 10.9 Å². The molecule has 0 amide bonds. The second-order valence-electron chi connectivity index (χ2n) is 4.63. The Balaban J connectivity index is 2.10. The molecule has 0 bridgehead atoms. The third-order valence-corrected chi connectivity index (χ3v) is 3.64. The van der Waals surface area contributed by atoms with E-state index in [2.05, 4.69) is 26.1 Å². The van der Waals surface area contributed by atoms with Crippen LogP contribution in [0.25, 0.3) is 0 Å². The van der Waals surface area contributed by atoms with E-state index >= 15 is 0 Å². The summed E-state index contributed by atoms with van der Waals surface area (Å²) in [6, 6.07) is 7.81. The lowest BCUT2D eigenvalue weighted by molar-refractivity contribution is 0.131. The first-order chi connectivity index (χ1) is 9.63. The molecule has 20 heavy (non-hydrogen) atoms. The molecule has 0 aliphatic carbocycles. The predicted octanol–water partition coefficient (Wildman–Crippen LogP) is 2.56. The van der Waals surface area contributed by atoms with Gasteiger partial charge in [0.1, 0.15) is 0 Å². The third-order valence-electron chi connectivity index (χ3n) is 3.15. The van der Waals surface area contributed by atoms with Gasteiger partial charge in [-0.3, -0.25) is 4.90 Å². The van der Waals surface area contributed by atoms with Gasteiger partial charge in [0.15, 0.2) is 5.82 Å². The van der Waals surface area contributed by atoms with E-state index in [9.17, 15) is 5.11 Å². The summed E-state index contributed by atoms with van der Waals surface area (Å²) in [6.07, 6.45) is 0.752. The lowest BCUT2D eigenvalue weighted by atomic mass is 10.1. The number of aliphatic hydroxyl groups excluding tert-OH is 1. The maximum absolute atomic E-state index is 9.65. The van der Waals surface area contributed by atoms with Gasteiger partial charge in [-0.25, -0.2) is 0 Å². The summed E-state index contributed by atoms with van der Waals surface area (Å²) in [7, 11) is 1.93. The van der Waals surface area contributed by atoms with Crippen molar-refractivity contribution in [2.24, 2.45) is 0 Å². The molecule has 1 aromatic heterocycles. The maximum atomic E-state index is 9.65. The van der Waals surface area contributed by atoms with Crippen LogP contribution < -0.4 is 0 Å². The number of nitrogens with zero attached hydrogens (tertiary/aromatic N) is 3. The summed E-state index contributed by atoms with van der Waals surface area (Å²) in [5.41, 5.74) is 1.04. The fraction of sp³-hybridized carbons (Fsp3) is 0.429. The molecule has 0 saturated carbocycles. The van der Waals surface area contributed by atoms with Gasteiger partial charge >= 0.3 is 0 Å². The molecule has 0 fully saturated rings. The molecular formula is C14H18BrN3O2. The summed E-state index contributed by atoms with van der Waals surface area (Å²) >= 11 is 3.45. The molecule has 1 heterocycles. The van der Waals surface area contributed by atoms with Gasteiger partial charge in [-0.05, 0) is 24.7 Å². The summed E-state index contributed by atoms with van der Waals surface area (Å²) in [4.78, 5) is 6.28. The number of hydrogen-bond donors (Lipinski definition) is 1. The van der Waals surface area contributed by atoms with Crippen molar-refractivity contribution >= 4 is 15.9 Å². The molecule has 1 N–H and O–H groups in total. The summed E-state index contributed by atoms with van der Waals surface area (Å²) in [5.74, 6) is 1.27. The van der Waals surface area contributed by atoms with Crippen LogP contribution in [0.5, 0.6) is 0 Å². The monoisotopic (exact) mass is 339 g/mol. The fourth-order valence-electron chi connectivity index (χ4n) is 2.03. The SMILES string of the molecule is CCc1noc(CN(C)C(CO)c2cccc(Br)c2)n1. The van der Waals surface area contributed by atoms with E-state index in [1.165, 1.54) is 0 Å². The van der Waals surface area contributed by atoms with Crippen molar-refractivity contribution in [1.29, 1.82) is 0 Å². The second kappa shape index (κ2) is 6.97. The van der Waals surface area contributed by atoms with E-state index in [0.29, 0.717) is 18.3 Å². The molecule has 2 aromatic rings. The fourth-order valence-corrected chi connectivity index (χ4v) is 2.45. The van der Waals surface area contributed by atoms with Crippen LogP contribution in [-0.4, -0.2) is 33.8 Å². The molecule has 0 spiro atoms. The number of rotatable bonds is 6. The van der Waals surface area contributed by atoms with Crippen LogP contribution in [0.1, 0.15) is 30.2 Å². The van der Waals surface area contributed by atoms with Gasteiger partial charge in [0.05, 0.1) is 19.2 Å². The molecule has 0 aliphatic rings. The Kier molecular flexibility index (Phi) is 5.28. The molecule has 0 aliphatic heterocycles. The normalized spacial score (nSPS) is 12.8. The molecule has 108 valence electrons. The van der Waals surface area contributed by atoms with Gasteiger partial charge in [-0.2, -0.15) is 4.98 Å². The molecular weight excluding hydrogens is 322 g/mol. The van der Waals surface area contributed by atoms with Crippen molar-refractivity contribution in [1.82, 2.24) is 15.0 Å². The van der Waals surface area contributed by atoms with Gasteiger partial charge in [0.2, 0.25) is 5.89 Å². The highest BCUT2D eigenvalue weighted by Gasteiger charge is 2.19. The highest BCUT2D eigenvalue weighted by atomic mass is 79.9. The number of halogens is 1. The lowest BCUT2D eigenvalue weighted by Gasteiger charge is -2.25. The van der Waals surface area contributed by atoms with Gasteiger partial charge in [-0.1, -0.05) is 40.1 Å². The van der Waals surface area contributed by atoms with Gasteiger partial charge in [-0.15, -0.1) is 0 Å². The average Bonchev–Trinajstić information content (AvgIpc) is 2.87. The van der Waals surface area contributed by atoms with Crippen molar-refractivity contribution in [3.05, 3.63) is 46.0 Å². The molecule has 0 radical (unpaired) electrons. The Labute approximate surface area is 126 Å². The largest absolute Gasteiger partial charge is 0.394 e. The van der Waals surface area contributed by atoms with Crippen LogP contribution in [0, 0.1) is 0 Å². The van der Waals surface area contributed by atoms with Crippen LogP contribution in [0.3, 0.4) is 0 Å². The van der Waals surface area contributed by atoms with Gasteiger partial charge in [0.25, 0.3) is 0 Å². The Morgan fingerprint density at radius 3 is 2.85 bits per heavy atom. The Morgan fingerprint density at radius 1 is 1.45 bits per heavy atom. The van der Waals surface area contributed by atoms with E-state index in [4.69, 9.17) is 4.52 Å². The average molecular weight is 340 g/mol. The minimum atomic E-state index is -0.107. The van der Waals surface area contributed by atoms with Crippen molar-refractivity contribution < 1.29 is 9.63 Å². The number of aryl methyl sites for hydroxylation is 1. The minimum Gasteiger partial charge on any atom is -0.394 e. The van der Waals surface area contributed by atoms with Crippen molar-refractivity contribution in [3.8, 4) is 0 Å². The molecule has 1 unspecified atom stereocenters. The van der Waals surface area contributed by atoms with Gasteiger partial charge < -0.3 is 9.63 Å². The quantitative estimate of drug-likeness (QED) is 0.876. The number of aromatic nitrogens is 2. The Morgan fingerprint density at radius 2 is 2.25 bits per heavy atom. The smallest absolute Gasteiger partial charge is 0.240 e. The highest BCUT2D eigenvalue weighted by molar-refractivity contribution is 9.10. The van der Waals surface area contributed by atoms with Crippen LogP contribution in [0.2, 0.25) is 0 Å². The zero-order valence-corrected chi connectivity index (χ0v) is 13.2. The summed E-state index contributed by atoms with van der Waals surface area (Å²) < 4.78 is 6.18. The number of aliphatic hydroxyl groups is 1. The first-order valence-electron chi connectivity index (χ1n) is 6.52. The molecule has 2 rings (SSSR count). The summed E-state index contributed by atoms with van der Waals surface area (Å²) in [6.45, 7) is 2.52. The first-order valence-corrected chi connectivity index (χ1v) is 7.31. The number of likely N-dealkylation sites (N-methyl/N-ethyl adjacent to an activating group) is 1.